The van der Waals surface area contributed by atoms with Gasteiger partial charge >= 0.3 is 11.9 Å². The molecular weight excluding hydrogens is 334 g/mol. The second kappa shape index (κ2) is 11.3. The third-order valence-corrected chi connectivity index (χ3v) is 4.34. The molecule has 0 bridgehead atoms. The molecule has 0 aromatic heterocycles. The fraction of sp³-hybridized carbons (Fsp3) is 0.474. The molecule has 4 N–H and O–H groups in total. The van der Waals surface area contributed by atoms with Gasteiger partial charge in [0.15, 0.2) is 0 Å². The second-order valence-electron chi connectivity index (χ2n) is 6.20. The van der Waals surface area contributed by atoms with Crippen LogP contribution in [0.15, 0.2) is 30.4 Å². The topological polar surface area (TPSA) is 107 Å². The number of aliphatic carboxylic acids is 2. The van der Waals surface area contributed by atoms with Crippen LogP contribution in [0.5, 0.6) is 0 Å². The number of aryl methyl sites for hydroxylation is 1. The molecule has 7 heteroatoms. The van der Waals surface area contributed by atoms with Crippen LogP contribution < -0.4 is 10.6 Å². The summed E-state index contributed by atoms with van der Waals surface area (Å²) < 4.78 is 0. The maximum atomic E-state index is 9.55. The maximum Gasteiger partial charge on any atom is 0.328 e. The van der Waals surface area contributed by atoms with E-state index in [1.807, 2.05) is 0 Å². The molecule has 1 heterocycles. The Kier molecular flexibility index (Phi) is 9.40. The zero-order chi connectivity index (χ0) is 19.5. The molecule has 2 rings (SSSR count). The first-order chi connectivity index (χ1) is 12.3. The number of rotatable bonds is 6. The van der Waals surface area contributed by atoms with Crippen LogP contribution >= 0.6 is 0 Å². The summed E-state index contributed by atoms with van der Waals surface area (Å²) in [6.45, 7) is 11.0. The quantitative estimate of drug-likeness (QED) is 0.657. The van der Waals surface area contributed by atoms with Gasteiger partial charge in [-0.05, 0) is 50.6 Å². The number of carbonyl (C=O) groups is 2. The molecule has 1 aliphatic rings. The van der Waals surface area contributed by atoms with Crippen LogP contribution in [0.1, 0.15) is 17.5 Å². The van der Waals surface area contributed by atoms with Crippen LogP contribution in [0, 0.1) is 13.8 Å². The van der Waals surface area contributed by atoms with E-state index in [-0.39, 0.29) is 0 Å². The number of anilines is 1. The summed E-state index contributed by atoms with van der Waals surface area (Å²) in [4.78, 5) is 24.1. The summed E-state index contributed by atoms with van der Waals surface area (Å²) in [6, 6.07) is 6.60. The van der Waals surface area contributed by atoms with Gasteiger partial charge in [0.25, 0.3) is 0 Å². The Labute approximate surface area is 154 Å². The fourth-order valence-electron chi connectivity index (χ4n) is 2.75. The molecule has 0 amide bonds. The van der Waals surface area contributed by atoms with Crippen LogP contribution in [-0.4, -0.2) is 66.3 Å². The largest absolute Gasteiger partial charge is 0.478 e. The van der Waals surface area contributed by atoms with Gasteiger partial charge < -0.3 is 20.8 Å². The lowest BCUT2D eigenvalue weighted by Crippen LogP contribution is -2.47. The molecule has 0 atom stereocenters. The van der Waals surface area contributed by atoms with E-state index in [4.69, 9.17) is 15.9 Å². The number of hydrogen-bond acceptors (Lipinski definition) is 5. The molecule has 1 fully saturated rings. The molecule has 7 nitrogen and oxygen atoms in total. The van der Waals surface area contributed by atoms with Crippen molar-refractivity contribution in [3.05, 3.63) is 41.5 Å². The summed E-state index contributed by atoms with van der Waals surface area (Å²) >= 11 is 0. The summed E-state index contributed by atoms with van der Waals surface area (Å²) in [6.07, 6.45) is 2.23. The number of benzene rings is 1. The highest BCUT2D eigenvalue weighted by atomic mass is 16.4. The first-order valence-corrected chi connectivity index (χ1v) is 8.72. The summed E-state index contributed by atoms with van der Waals surface area (Å²) in [5.41, 5.74) is 9.79. The van der Waals surface area contributed by atoms with Crippen molar-refractivity contribution in [2.45, 2.75) is 20.3 Å². The molecule has 0 spiro atoms. The van der Waals surface area contributed by atoms with Crippen molar-refractivity contribution in [1.29, 1.82) is 0 Å². The maximum absolute atomic E-state index is 9.55. The van der Waals surface area contributed by atoms with Crippen molar-refractivity contribution < 1.29 is 19.8 Å². The van der Waals surface area contributed by atoms with Crippen molar-refractivity contribution in [2.75, 3.05) is 44.2 Å². The zero-order valence-electron chi connectivity index (χ0n) is 15.5. The number of nitrogens with two attached hydrogens (primary N) is 1. The minimum atomic E-state index is -1.26. The SMILES string of the molecule is Cc1cccc(N2CCN(CCCN)CC2)c1C.O=C(O)C=CC(=O)O. The Morgan fingerprint density at radius 1 is 1.08 bits per heavy atom. The van der Waals surface area contributed by atoms with Gasteiger partial charge in [-0.2, -0.15) is 0 Å². The van der Waals surface area contributed by atoms with Gasteiger partial charge in [-0.25, -0.2) is 9.59 Å². The van der Waals surface area contributed by atoms with Crippen molar-refractivity contribution >= 4 is 17.6 Å². The molecule has 0 saturated carbocycles. The van der Waals surface area contributed by atoms with Gasteiger partial charge in [0.05, 0.1) is 0 Å². The number of carboxylic acids is 2. The molecule has 26 heavy (non-hydrogen) atoms. The molecule has 0 aliphatic carbocycles. The van der Waals surface area contributed by atoms with E-state index in [0.717, 1.165) is 45.7 Å². The van der Waals surface area contributed by atoms with Crippen molar-refractivity contribution in [1.82, 2.24) is 4.90 Å². The van der Waals surface area contributed by atoms with Crippen molar-refractivity contribution in [2.24, 2.45) is 5.73 Å². The van der Waals surface area contributed by atoms with E-state index in [2.05, 4.69) is 41.8 Å². The highest BCUT2D eigenvalue weighted by Gasteiger charge is 2.18. The minimum absolute atomic E-state index is 0.558. The standard InChI is InChI=1S/C15H25N3.C4H4O4/c1-13-5-3-6-15(14(13)2)18-11-9-17(10-12-18)8-4-7-16;5-3(6)1-2-4(7)8/h3,5-6H,4,7-12,16H2,1-2H3;1-2H,(H,5,6)(H,7,8). The normalized spacial score (nSPS) is 14.8. The summed E-state index contributed by atoms with van der Waals surface area (Å²) in [5.74, 6) is -2.51. The van der Waals surface area contributed by atoms with E-state index in [1.165, 1.54) is 16.8 Å². The second-order valence-corrected chi connectivity index (χ2v) is 6.20. The summed E-state index contributed by atoms with van der Waals surface area (Å²) in [5, 5.41) is 15.6. The first-order valence-electron chi connectivity index (χ1n) is 8.72. The Balaban J connectivity index is 0.000000359. The lowest BCUT2D eigenvalue weighted by Gasteiger charge is -2.37. The molecule has 1 aromatic rings. The van der Waals surface area contributed by atoms with Gasteiger partial charge in [0, 0.05) is 44.0 Å². The van der Waals surface area contributed by atoms with Gasteiger partial charge in [-0.15, -0.1) is 0 Å². The van der Waals surface area contributed by atoms with Gasteiger partial charge in [0.1, 0.15) is 0 Å². The number of piperazine rings is 1. The molecular formula is C19H29N3O4. The summed E-state index contributed by atoms with van der Waals surface area (Å²) in [7, 11) is 0. The van der Waals surface area contributed by atoms with Gasteiger partial charge in [-0.1, -0.05) is 12.1 Å². The minimum Gasteiger partial charge on any atom is -0.478 e. The van der Waals surface area contributed by atoms with Gasteiger partial charge in [0.2, 0.25) is 0 Å². The predicted molar refractivity (Wildman–Crippen MR) is 103 cm³/mol. The average molecular weight is 363 g/mol. The van der Waals surface area contributed by atoms with Crippen molar-refractivity contribution in [3.63, 3.8) is 0 Å². The van der Waals surface area contributed by atoms with Gasteiger partial charge in [-0.3, -0.25) is 4.90 Å². The Morgan fingerprint density at radius 3 is 2.15 bits per heavy atom. The number of carboxylic acid groups (broad SMARTS) is 2. The van der Waals surface area contributed by atoms with Crippen LogP contribution in [0.25, 0.3) is 0 Å². The fourth-order valence-corrected chi connectivity index (χ4v) is 2.75. The highest BCUT2D eigenvalue weighted by molar-refractivity contribution is 5.89. The Bertz CT molecular complexity index is 607. The Morgan fingerprint density at radius 2 is 1.65 bits per heavy atom. The number of hydrogen-bond donors (Lipinski definition) is 3. The van der Waals surface area contributed by atoms with Crippen LogP contribution in [0.2, 0.25) is 0 Å². The van der Waals surface area contributed by atoms with Crippen LogP contribution in [0.3, 0.4) is 0 Å². The highest BCUT2D eigenvalue weighted by Crippen LogP contribution is 2.23. The van der Waals surface area contributed by atoms with E-state index in [9.17, 15) is 9.59 Å². The Hall–Kier alpha value is -2.38. The first kappa shape index (κ1) is 21.7. The molecule has 1 saturated heterocycles. The van der Waals surface area contributed by atoms with E-state index < -0.39 is 11.9 Å². The third-order valence-electron chi connectivity index (χ3n) is 4.34. The van der Waals surface area contributed by atoms with Crippen LogP contribution in [-0.2, 0) is 9.59 Å². The lowest BCUT2D eigenvalue weighted by atomic mass is 10.1. The molecule has 0 unspecified atom stereocenters. The smallest absolute Gasteiger partial charge is 0.328 e. The average Bonchev–Trinajstić information content (AvgIpc) is 2.62. The van der Waals surface area contributed by atoms with Crippen LogP contribution in [0.4, 0.5) is 5.69 Å². The van der Waals surface area contributed by atoms with E-state index in [0.29, 0.717) is 12.2 Å². The third kappa shape index (κ3) is 7.67. The molecule has 0 radical (unpaired) electrons. The molecule has 144 valence electrons. The lowest BCUT2D eigenvalue weighted by molar-refractivity contribution is -0.134. The van der Waals surface area contributed by atoms with Crippen molar-refractivity contribution in [3.8, 4) is 0 Å². The monoisotopic (exact) mass is 363 g/mol. The van der Waals surface area contributed by atoms with E-state index >= 15 is 0 Å². The number of nitrogens with zero attached hydrogens (tertiary/aromatic N) is 2. The zero-order valence-corrected chi connectivity index (χ0v) is 15.5. The predicted octanol–water partition coefficient (Wildman–Crippen LogP) is 1.49. The van der Waals surface area contributed by atoms with E-state index in [1.54, 1.807) is 0 Å². The molecule has 1 aliphatic heterocycles. The molecule has 1 aromatic carbocycles.